The number of nitrogens with zero attached hydrogens (tertiary/aromatic N) is 1. The number of hydrogen-bond acceptors (Lipinski definition) is 4. The number of aliphatic hydroxyl groups is 1. The van der Waals surface area contributed by atoms with Crippen LogP contribution in [0, 0.1) is 18.8 Å². The smallest absolute Gasteiger partial charge is 0.241 e. The minimum Gasteiger partial charge on any atom is -0.393 e. The van der Waals surface area contributed by atoms with Gasteiger partial charge in [-0.2, -0.15) is 0 Å². The highest BCUT2D eigenvalue weighted by molar-refractivity contribution is 6.23. The van der Waals surface area contributed by atoms with Gasteiger partial charge in [0.25, 0.3) is 0 Å². The molecule has 3 aliphatic heterocycles. The van der Waals surface area contributed by atoms with E-state index in [1.807, 2.05) is 19.1 Å². The van der Waals surface area contributed by atoms with Gasteiger partial charge < -0.3 is 9.84 Å². The second-order valence-electron chi connectivity index (χ2n) is 6.54. The van der Waals surface area contributed by atoms with Crippen molar-refractivity contribution in [3.63, 3.8) is 0 Å². The third-order valence-corrected chi connectivity index (χ3v) is 5.10. The number of carbonyl (C=O) groups excluding carboxylic acids is 2. The van der Waals surface area contributed by atoms with Gasteiger partial charge in [0.1, 0.15) is 5.60 Å². The summed E-state index contributed by atoms with van der Waals surface area (Å²) >= 11 is 0. The number of anilines is 1. The molecule has 5 nitrogen and oxygen atoms in total. The molecule has 0 unspecified atom stereocenters. The van der Waals surface area contributed by atoms with Crippen molar-refractivity contribution in [2.75, 3.05) is 11.5 Å². The van der Waals surface area contributed by atoms with Crippen molar-refractivity contribution in [2.24, 2.45) is 11.8 Å². The Morgan fingerprint density at radius 2 is 1.77 bits per heavy atom. The molecule has 0 aromatic heterocycles. The van der Waals surface area contributed by atoms with Gasteiger partial charge in [0, 0.05) is 0 Å². The van der Waals surface area contributed by atoms with Crippen molar-refractivity contribution in [3.05, 3.63) is 42.0 Å². The molecule has 4 atom stereocenters. The first-order valence-corrected chi connectivity index (χ1v) is 7.38. The van der Waals surface area contributed by atoms with E-state index in [4.69, 9.17) is 4.74 Å². The van der Waals surface area contributed by atoms with Crippen LogP contribution in [0.25, 0.3) is 0 Å². The molecule has 0 saturated carbocycles. The number of aliphatic hydroxyl groups excluding tert-OH is 1. The molecule has 3 aliphatic rings. The van der Waals surface area contributed by atoms with Gasteiger partial charge in [0.15, 0.2) is 0 Å². The molecule has 0 aliphatic carbocycles. The van der Waals surface area contributed by atoms with E-state index < -0.39 is 23.0 Å². The molecule has 1 aromatic carbocycles. The van der Waals surface area contributed by atoms with Crippen molar-refractivity contribution >= 4 is 17.5 Å². The van der Waals surface area contributed by atoms with Crippen molar-refractivity contribution in [1.29, 1.82) is 0 Å². The summed E-state index contributed by atoms with van der Waals surface area (Å²) in [6.45, 7) is 3.45. The highest BCUT2D eigenvalue weighted by atomic mass is 16.5. The Balaban J connectivity index is 1.80. The van der Waals surface area contributed by atoms with E-state index in [-0.39, 0.29) is 18.4 Å². The SMILES string of the molecule is Cc1ccc(N2C(=O)[C@@H]3[C@@H](C2=O)[C@@]2(CO)C=C[C@@]3(C)O2)cc1. The van der Waals surface area contributed by atoms with Crippen LogP contribution in [0.2, 0.25) is 0 Å². The summed E-state index contributed by atoms with van der Waals surface area (Å²) in [5, 5.41) is 9.74. The molecule has 2 saturated heterocycles. The summed E-state index contributed by atoms with van der Waals surface area (Å²) < 4.78 is 5.88. The molecular weight excluding hydrogens is 282 g/mol. The van der Waals surface area contributed by atoms with Crippen LogP contribution in [0.5, 0.6) is 0 Å². The number of rotatable bonds is 2. The summed E-state index contributed by atoms with van der Waals surface area (Å²) in [6, 6.07) is 7.29. The second kappa shape index (κ2) is 4.06. The number of fused-ring (bicyclic) bond motifs is 5. The van der Waals surface area contributed by atoms with Crippen molar-refractivity contribution in [1.82, 2.24) is 0 Å². The lowest BCUT2D eigenvalue weighted by molar-refractivity contribution is -0.131. The van der Waals surface area contributed by atoms with Crippen LogP contribution in [-0.4, -0.2) is 34.7 Å². The molecule has 22 heavy (non-hydrogen) atoms. The molecule has 2 bridgehead atoms. The first-order valence-electron chi connectivity index (χ1n) is 7.38. The molecule has 3 heterocycles. The average Bonchev–Trinajstić information content (AvgIpc) is 3.07. The summed E-state index contributed by atoms with van der Waals surface area (Å²) in [7, 11) is 0. The molecular formula is C17H17NO4. The maximum Gasteiger partial charge on any atom is 0.241 e. The lowest BCUT2D eigenvalue weighted by Gasteiger charge is -2.26. The molecule has 1 aromatic rings. The predicted molar refractivity (Wildman–Crippen MR) is 79.1 cm³/mol. The minimum atomic E-state index is -1.06. The maximum absolute atomic E-state index is 12.9. The fraction of sp³-hybridized carbons (Fsp3) is 0.412. The summed E-state index contributed by atoms with van der Waals surface area (Å²) in [6.07, 6.45) is 3.53. The van der Waals surface area contributed by atoms with Crippen LogP contribution in [-0.2, 0) is 14.3 Å². The zero-order chi connectivity index (χ0) is 15.7. The fourth-order valence-corrected chi connectivity index (χ4v) is 3.99. The zero-order valence-electron chi connectivity index (χ0n) is 12.4. The number of benzene rings is 1. The molecule has 1 N–H and O–H groups in total. The molecule has 4 rings (SSSR count). The number of ether oxygens (including phenoxy) is 1. The molecule has 114 valence electrons. The van der Waals surface area contributed by atoms with Gasteiger partial charge >= 0.3 is 0 Å². The normalized spacial score (nSPS) is 39.0. The first-order chi connectivity index (χ1) is 10.4. The van der Waals surface area contributed by atoms with E-state index in [2.05, 4.69) is 0 Å². The molecule has 2 fully saturated rings. The Morgan fingerprint density at radius 3 is 2.41 bits per heavy atom. The van der Waals surface area contributed by atoms with E-state index >= 15 is 0 Å². The van der Waals surface area contributed by atoms with Gasteiger partial charge in [0.2, 0.25) is 11.8 Å². The van der Waals surface area contributed by atoms with Crippen LogP contribution >= 0.6 is 0 Å². The van der Waals surface area contributed by atoms with Gasteiger partial charge in [-0.1, -0.05) is 29.8 Å². The number of carbonyl (C=O) groups is 2. The molecule has 2 amide bonds. The van der Waals surface area contributed by atoms with Gasteiger partial charge in [-0.3, -0.25) is 9.59 Å². The Morgan fingerprint density at radius 1 is 1.14 bits per heavy atom. The fourth-order valence-electron chi connectivity index (χ4n) is 3.99. The van der Waals surface area contributed by atoms with E-state index in [0.29, 0.717) is 5.69 Å². The predicted octanol–water partition coefficient (Wildman–Crippen LogP) is 1.19. The minimum absolute atomic E-state index is 0.249. The van der Waals surface area contributed by atoms with Crippen molar-refractivity contribution in [2.45, 2.75) is 25.0 Å². The lowest BCUT2D eigenvalue weighted by Crippen LogP contribution is -2.43. The molecule has 5 heteroatoms. The largest absolute Gasteiger partial charge is 0.393 e. The highest BCUT2D eigenvalue weighted by Crippen LogP contribution is 2.57. The maximum atomic E-state index is 12.9. The van der Waals surface area contributed by atoms with E-state index in [1.54, 1.807) is 31.2 Å². The summed E-state index contributed by atoms with van der Waals surface area (Å²) in [4.78, 5) is 26.9. The molecule has 0 radical (unpaired) electrons. The number of imide groups is 1. The first kappa shape index (κ1) is 13.7. The monoisotopic (exact) mass is 299 g/mol. The highest BCUT2D eigenvalue weighted by Gasteiger charge is 2.72. The van der Waals surface area contributed by atoms with Gasteiger partial charge in [-0.05, 0) is 26.0 Å². The van der Waals surface area contributed by atoms with E-state index in [0.717, 1.165) is 5.56 Å². The van der Waals surface area contributed by atoms with Gasteiger partial charge in [-0.15, -0.1) is 0 Å². The average molecular weight is 299 g/mol. The van der Waals surface area contributed by atoms with Crippen molar-refractivity contribution < 1.29 is 19.4 Å². The zero-order valence-corrected chi connectivity index (χ0v) is 12.4. The third kappa shape index (κ3) is 1.45. The molecule has 0 spiro atoms. The summed E-state index contributed by atoms with van der Waals surface area (Å²) in [5.41, 5.74) is -0.247. The number of aryl methyl sites for hydroxylation is 1. The van der Waals surface area contributed by atoms with Crippen LogP contribution < -0.4 is 4.90 Å². The van der Waals surface area contributed by atoms with E-state index in [9.17, 15) is 14.7 Å². The van der Waals surface area contributed by atoms with Crippen LogP contribution in [0.3, 0.4) is 0 Å². The van der Waals surface area contributed by atoms with Crippen molar-refractivity contribution in [3.8, 4) is 0 Å². The second-order valence-corrected chi connectivity index (χ2v) is 6.54. The van der Waals surface area contributed by atoms with Crippen LogP contribution in [0.1, 0.15) is 12.5 Å². The van der Waals surface area contributed by atoms with Crippen LogP contribution in [0.4, 0.5) is 5.69 Å². The Hall–Kier alpha value is -1.98. The standard InChI is InChI=1S/C17H17NO4/c1-10-3-5-11(6-4-10)18-14(20)12-13(15(18)21)17(9-19)8-7-16(12,2)22-17/h3-8,12-13,19H,9H2,1-2H3/t12-,13-,16+,17-/m0/s1. The Labute approximate surface area is 128 Å². The Bertz CT molecular complexity index is 710. The topological polar surface area (TPSA) is 66.8 Å². The van der Waals surface area contributed by atoms with Gasteiger partial charge in [0.05, 0.1) is 29.7 Å². The summed E-state index contributed by atoms with van der Waals surface area (Å²) in [5.74, 6) is -1.76. The number of hydrogen-bond donors (Lipinski definition) is 1. The van der Waals surface area contributed by atoms with Gasteiger partial charge in [-0.25, -0.2) is 4.90 Å². The number of amides is 2. The van der Waals surface area contributed by atoms with Crippen LogP contribution in [0.15, 0.2) is 36.4 Å². The quantitative estimate of drug-likeness (QED) is 0.658. The van der Waals surface area contributed by atoms with E-state index in [1.165, 1.54) is 4.90 Å². The Kier molecular flexibility index (Phi) is 2.52. The lowest BCUT2D eigenvalue weighted by atomic mass is 9.73. The third-order valence-electron chi connectivity index (χ3n) is 5.10.